The maximum atomic E-state index is 5.66. The second-order valence-corrected chi connectivity index (χ2v) is 3.38. The molecule has 0 bridgehead atoms. The van der Waals surface area contributed by atoms with Crippen molar-refractivity contribution in [2.75, 3.05) is 19.7 Å². The molecule has 2 aliphatic rings. The van der Waals surface area contributed by atoms with E-state index in [1.165, 1.54) is 25.9 Å². The van der Waals surface area contributed by atoms with E-state index in [-0.39, 0.29) is 0 Å². The second-order valence-electron chi connectivity index (χ2n) is 3.38. The highest BCUT2D eigenvalue weighted by Crippen LogP contribution is 2.19. The molecular formula is C9H16NO. The van der Waals surface area contributed by atoms with Gasteiger partial charge in [0.25, 0.3) is 0 Å². The summed E-state index contributed by atoms with van der Waals surface area (Å²) in [6.07, 6.45) is 7.78. The van der Waals surface area contributed by atoms with Crippen LogP contribution in [0.3, 0.4) is 0 Å². The van der Waals surface area contributed by atoms with Crippen molar-refractivity contribution in [1.29, 1.82) is 0 Å². The lowest BCUT2D eigenvalue weighted by Gasteiger charge is -2.30. The third-order valence-corrected chi connectivity index (χ3v) is 2.55. The zero-order valence-electron chi connectivity index (χ0n) is 6.96. The van der Waals surface area contributed by atoms with Crippen LogP contribution in [-0.4, -0.2) is 30.8 Å². The fourth-order valence-corrected chi connectivity index (χ4v) is 1.90. The van der Waals surface area contributed by atoms with Gasteiger partial charge in [-0.2, -0.15) is 0 Å². The molecule has 2 nitrogen and oxygen atoms in total. The number of ether oxygens (including phenoxy) is 1. The van der Waals surface area contributed by atoms with Crippen molar-refractivity contribution < 1.29 is 4.74 Å². The zero-order chi connectivity index (χ0) is 7.52. The van der Waals surface area contributed by atoms with E-state index in [0.717, 1.165) is 19.4 Å². The van der Waals surface area contributed by atoms with Gasteiger partial charge in [0.1, 0.15) is 6.23 Å². The van der Waals surface area contributed by atoms with Crippen LogP contribution in [0, 0.1) is 6.42 Å². The standard InChI is InChI=1S/C9H16NO/c1-4-8-11-9(5-1)10-6-2-3-7-10/h1,9H,2-8H2. The highest BCUT2D eigenvalue weighted by molar-refractivity contribution is 4.79. The summed E-state index contributed by atoms with van der Waals surface area (Å²) in [6, 6.07) is 0. The molecule has 11 heavy (non-hydrogen) atoms. The predicted molar refractivity (Wildman–Crippen MR) is 44.1 cm³/mol. The Morgan fingerprint density at radius 3 is 2.73 bits per heavy atom. The van der Waals surface area contributed by atoms with Gasteiger partial charge in [-0.05, 0) is 32.1 Å². The molecule has 2 fully saturated rings. The van der Waals surface area contributed by atoms with Crippen molar-refractivity contribution in [2.45, 2.75) is 31.9 Å². The molecule has 2 heterocycles. The fourth-order valence-electron chi connectivity index (χ4n) is 1.90. The quantitative estimate of drug-likeness (QED) is 0.566. The van der Waals surface area contributed by atoms with Crippen LogP contribution in [-0.2, 0) is 4.74 Å². The minimum atomic E-state index is 0.422. The van der Waals surface area contributed by atoms with Crippen molar-refractivity contribution in [2.24, 2.45) is 0 Å². The van der Waals surface area contributed by atoms with Crippen molar-refractivity contribution in [3.8, 4) is 0 Å². The van der Waals surface area contributed by atoms with E-state index in [1.807, 2.05) is 0 Å². The summed E-state index contributed by atoms with van der Waals surface area (Å²) in [5.74, 6) is 0. The normalized spacial score (nSPS) is 34.4. The van der Waals surface area contributed by atoms with Gasteiger partial charge >= 0.3 is 0 Å². The fraction of sp³-hybridized carbons (Fsp3) is 0.889. The summed E-state index contributed by atoms with van der Waals surface area (Å²) in [4.78, 5) is 2.47. The SMILES string of the molecule is [CH]1CCOC(N2CCCC2)C1. The number of likely N-dealkylation sites (tertiary alicyclic amines) is 1. The summed E-state index contributed by atoms with van der Waals surface area (Å²) in [7, 11) is 0. The first-order chi connectivity index (χ1) is 5.47. The van der Waals surface area contributed by atoms with Crippen LogP contribution in [0.1, 0.15) is 25.7 Å². The van der Waals surface area contributed by atoms with Gasteiger partial charge in [0.2, 0.25) is 0 Å². The Morgan fingerprint density at radius 1 is 1.27 bits per heavy atom. The molecule has 1 atom stereocenters. The van der Waals surface area contributed by atoms with Crippen molar-refractivity contribution in [3.05, 3.63) is 6.42 Å². The average Bonchev–Trinajstić information content (AvgIpc) is 2.58. The minimum Gasteiger partial charge on any atom is -0.363 e. The Morgan fingerprint density at radius 2 is 2.09 bits per heavy atom. The molecule has 2 saturated heterocycles. The number of rotatable bonds is 1. The molecule has 0 aliphatic carbocycles. The molecule has 1 radical (unpaired) electrons. The van der Waals surface area contributed by atoms with Crippen LogP contribution in [0.2, 0.25) is 0 Å². The van der Waals surface area contributed by atoms with Crippen LogP contribution in [0.15, 0.2) is 0 Å². The predicted octanol–water partition coefficient (Wildman–Crippen LogP) is 1.42. The first-order valence-electron chi connectivity index (χ1n) is 4.64. The number of hydrogen-bond donors (Lipinski definition) is 0. The van der Waals surface area contributed by atoms with Crippen molar-refractivity contribution in [1.82, 2.24) is 4.90 Å². The van der Waals surface area contributed by atoms with Crippen molar-refractivity contribution in [3.63, 3.8) is 0 Å². The smallest absolute Gasteiger partial charge is 0.110 e. The Hall–Kier alpha value is -0.0800. The van der Waals surface area contributed by atoms with E-state index in [2.05, 4.69) is 11.3 Å². The molecule has 2 aliphatic heterocycles. The van der Waals surface area contributed by atoms with E-state index in [4.69, 9.17) is 4.74 Å². The van der Waals surface area contributed by atoms with E-state index in [0.29, 0.717) is 6.23 Å². The zero-order valence-corrected chi connectivity index (χ0v) is 6.96. The highest BCUT2D eigenvalue weighted by Gasteiger charge is 2.23. The van der Waals surface area contributed by atoms with Gasteiger partial charge in [-0.1, -0.05) is 0 Å². The molecule has 0 aromatic rings. The summed E-state index contributed by atoms with van der Waals surface area (Å²) >= 11 is 0. The maximum absolute atomic E-state index is 5.66. The molecular weight excluding hydrogens is 138 g/mol. The molecule has 63 valence electrons. The molecule has 2 rings (SSSR count). The Kier molecular flexibility index (Phi) is 2.44. The average molecular weight is 154 g/mol. The van der Waals surface area contributed by atoms with Gasteiger partial charge < -0.3 is 4.74 Å². The number of nitrogens with zero attached hydrogens (tertiary/aromatic N) is 1. The summed E-state index contributed by atoms with van der Waals surface area (Å²) in [6.45, 7) is 3.43. The van der Waals surface area contributed by atoms with Gasteiger partial charge in [0, 0.05) is 19.7 Å². The molecule has 2 heteroatoms. The lowest BCUT2D eigenvalue weighted by molar-refractivity contribution is -0.0630. The van der Waals surface area contributed by atoms with Crippen LogP contribution >= 0.6 is 0 Å². The highest BCUT2D eigenvalue weighted by atomic mass is 16.5. The van der Waals surface area contributed by atoms with Crippen LogP contribution in [0.4, 0.5) is 0 Å². The van der Waals surface area contributed by atoms with Gasteiger partial charge in [0.05, 0.1) is 0 Å². The molecule has 0 aromatic carbocycles. The number of hydrogen-bond acceptors (Lipinski definition) is 2. The first-order valence-corrected chi connectivity index (χ1v) is 4.64. The minimum absolute atomic E-state index is 0.422. The lowest BCUT2D eigenvalue weighted by atomic mass is 10.2. The summed E-state index contributed by atoms with van der Waals surface area (Å²) < 4.78 is 5.66. The third-order valence-electron chi connectivity index (χ3n) is 2.55. The van der Waals surface area contributed by atoms with Gasteiger partial charge in [-0.15, -0.1) is 0 Å². The lowest BCUT2D eigenvalue weighted by Crippen LogP contribution is -2.37. The Labute approximate surface area is 68.5 Å². The van der Waals surface area contributed by atoms with Crippen LogP contribution < -0.4 is 0 Å². The summed E-state index contributed by atoms with van der Waals surface area (Å²) in [5, 5.41) is 0. The molecule has 1 unspecified atom stereocenters. The van der Waals surface area contributed by atoms with E-state index >= 15 is 0 Å². The molecule has 0 amide bonds. The topological polar surface area (TPSA) is 12.5 Å². The van der Waals surface area contributed by atoms with Crippen LogP contribution in [0.5, 0.6) is 0 Å². The van der Waals surface area contributed by atoms with Gasteiger partial charge in [-0.25, -0.2) is 0 Å². The molecule has 0 N–H and O–H groups in total. The van der Waals surface area contributed by atoms with E-state index in [1.54, 1.807) is 0 Å². The Bertz CT molecular complexity index is 115. The van der Waals surface area contributed by atoms with Gasteiger partial charge in [-0.3, -0.25) is 4.90 Å². The third kappa shape index (κ3) is 1.74. The largest absolute Gasteiger partial charge is 0.363 e. The maximum Gasteiger partial charge on any atom is 0.110 e. The first kappa shape index (κ1) is 7.56. The van der Waals surface area contributed by atoms with Crippen molar-refractivity contribution >= 4 is 0 Å². The summed E-state index contributed by atoms with van der Waals surface area (Å²) in [5.41, 5.74) is 0. The molecule has 0 spiro atoms. The van der Waals surface area contributed by atoms with Gasteiger partial charge in [0.15, 0.2) is 0 Å². The van der Waals surface area contributed by atoms with Crippen LogP contribution in [0.25, 0.3) is 0 Å². The monoisotopic (exact) mass is 154 g/mol. The second kappa shape index (κ2) is 3.55. The van der Waals surface area contributed by atoms with E-state index < -0.39 is 0 Å². The molecule has 0 aromatic heterocycles. The molecule has 0 saturated carbocycles. The van der Waals surface area contributed by atoms with E-state index in [9.17, 15) is 0 Å². The Balaban J connectivity index is 1.82.